The maximum Gasteiger partial charge on any atom is 0.495 e. The van der Waals surface area contributed by atoms with Crippen LogP contribution in [0.5, 0.6) is 0 Å². The van der Waals surface area contributed by atoms with E-state index < -0.39 is 71.9 Å². The van der Waals surface area contributed by atoms with Gasteiger partial charge in [-0.05, 0) is 238 Å². The van der Waals surface area contributed by atoms with Gasteiger partial charge in [0.05, 0.1) is 104 Å². The van der Waals surface area contributed by atoms with Crippen molar-refractivity contribution in [3.05, 3.63) is 216 Å². The van der Waals surface area contributed by atoms with E-state index in [0.29, 0.717) is 26.2 Å². The minimum atomic E-state index is -1.06. The number of carboxylic acids is 1. The summed E-state index contributed by atoms with van der Waals surface area (Å²) in [6.07, 6.45) is 18.0. The zero-order chi connectivity index (χ0) is 102. The number of aromatic nitrogens is 8. The molecule has 0 spiro atoms. The number of carbonyl (C=O) groups is 8. The fraction of sp³-hybridized carbons (Fsp3) is 0.441. The summed E-state index contributed by atoms with van der Waals surface area (Å²) in [5.74, 6) is 1.38. The number of ether oxygens (including phenoxy) is 5. The van der Waals surface area contributed by atoms with E-state index >= 15 is 0 Å². The lowest BCUT2D eigenvalue weighted by atomic mass is 9.75. The summed E-state index contributed by atoms with van der Waals surface area (Å²) in [6, 6.07) is 48.1. The molecule has 7 atom stereocenters. The molecule has 5 fully saturated rings. The van der Waals surface area contributed by atoms with Crippen LogP contribution in [0.15, 0.2) is 187 Å². The third-order valence-electron chi connectivity index (χ3n) is 27.0. The molecule has 33 heteroatoms. The second-order valence-corrected chi connectivity index (χ2v) is 41.8. The van der Waals surface area contributed by atoms with Gasteiger partial charge in [0.2, 0.25) is 11.8 Å². The zero-order valence-corrected chi connectivity index (χ0v) is 86.2. The Bertz CT molecular complexity index is 6210. The first-order valence-electron chi connectivity index (χ1n) is 48.9. The van der Waals surface area contributed by atoms with Crippen molar-refractivity contribution in [1.82, 2.24) is 75.4 Å². The molecule has 766 valence electrons. The van der Waals surface area contributed by atoms with Gasteiger partial charge in [0, 0.05) is 26.2 Å². The number of hydrogen-bond donors (Lipinski definition) is 8. The number of H-pyrrole nitrogens is 4. The maximum atomic E-state index is 13.6. The number of imidazole rings is 4. The number of aromatic amines is 4. The highest BCUT2D eigenvalue weighted by Crippen LogP contribution is 2.44. The SMILES string of the molecule is C.C.CC(C)(C)OC(=O)N1CCC[C@H]1c1ncc(-c2ccc(-c3cccc4c(B5OC(C)(C)C(C)(C)O5)cccc34)cc2)[nH]1.CC(C)(C)OC(=O)N1CCC[C@H]1c1ncc(C2=CC=C(Br)CC2)[nH]1.COC(=O)N[C@H](C(=O)N1CCC[C@H]1c1ncc(-c2ccc(-c3cccc4c(-c5ccc(-c6cnc([C@@H]7CCCN7C(=O)[C@@H](NC(=O)OC)C(C)C)[nH]6)cc5)cccc34)cc2)[nH]1)C(C)C.COC(=O)N[C@H](C(=O)O)C(C)C. The number of hydrogen-bond acceptors (Lipinski definition) is 19. The van der Waals surface area contributed by atoms with Crippen LogP contribution in [0.25, 0.3) is 94.3 Å². The van der Waals surface area contributed by atoms with Gasteiger partial charge >= 0.3 is 43.6 Å². The Labute approximate surface area is 853 Å². The van der Waals surface area contributed by atoms with E-state index in [1.807, 2.05) is 104 Å². The Morgan fingerprint density at radius 2 is 0.715 bits per heavy atom. The third kappa shape index (κ3) is 25.7. The first-order chi connectivity index (χ1) is 67.6. The summed E-state index contributed by atoms with van der Waals surface area (Å²) in [6.45, 7) is 33.3. The maximum absolute atomic E-state index is 13.6. The number of likely N-dealkylation sites (tertiary alicyclic amines) is 4. The highest BCUT2D eigenvalue weighted by molar-refractivity contribution is 9.11. The fourth-order valence-corrected chi connectivity index (χ4v) is 19.1. The molecule has 7 amide bonds. The minimum Gasteiger partial charge on any atom is -0.480 e. The van der Waals surface area contributed by atoms with E-state index in [2.05, 4.69) is 252 Å². The Morgan fingerprint density at radius 3 is 1.03 bits per heavy atom. The summed E-state index contributed by atoms with van der Waals surface area (Å²) >= 11 is 3.53. The normalized spacial score (nSPS) is 18.1. The largest absolute Gasteiger partial charge is 0.495 e. The molecule has 31 nitrogen and oxygen atoms in total. The van der Waals surface area contributed by atoms with Gasteiger partial charge in [0.25, 0.3) is 0 Å². The molecule has 144 heavy (non-hydrogen) atoms. The molecule has 0 unspecified atom stereocenters. The zero-order valence-electron chi connectivity index (χ0n) is 84.6. The molecular formula is C111H141BBrN15O16. The summed E-state index contributed by atoms with van der Waals surface area (Å²) in [5, 5.41) is 20.8. The number of fused-ring (bicyclic) bond motifs is 2. The monoisotopic (exact) mass is 2030 g/mol. The van der Waals surface area contributed by atoms with Gasteiger partial charge in [0.1, 0.15) is 52.6 Å². The van der Waals surface area contributed by atoms with E-state index in [0.717, 1.165) is 187 Å². The molecule has 0 bridgehead atoms. The molecule has 5 saturated heterocycles. The first kappa shape index (κ1) is 109. The molecule has 8 N–H and O–H groups in total. The number of rotatable bonds is 21. The average Bonchev–Trinajstić information content (AvgIpc) is 1.51. The van der Waals surface area contributed by atoms with E-state index in [4.69, 9.17) is 43.3 Å². The van der Waals surface area contributed by atoms with Gasteiger partial charge in [-0.25, -0.2) is 48.7 Å². The molecule has 11 aromatic rings. The highest BCUT2D eigenvalue weighted by Gasteiger charge is 2.52. The van der Waals surface area contributed by atoms with Gasteiger partial charge in [-0.3, -0.25) is 19.4 Å². The second kappa shape index (κ2) is 47.0. The standard InChI is InChI=1S/C50H56N8O6.C34H40BN3O4.C18H24BrN3O2.C7H13NO4.2CH4/c1-29(2)43(55-49(61)63-5)47(59)57-25-9-15-41(57)45-51-27-39(53-45)33-21-17-31(18-22-33)35-11-7-14-38-36(12-8-13-37(35)38)32-19-23-34(24-20-32)40-28-52-46(54-40)42-16-10-26-58(42)48(60)44(30(3)4)56-50(62)64-6;1-32(2,3)40-31(39)38-20-10-15-29(38)30-36-21-28(37-30)23-18-16-22(17-19-23)24-11-8-13-26-25(24)12-9-14-27(26)35-41-33(4,5)34(6,7)42-35;1-18(2,3)24-17(23)22-10-4-5-15(22)16-20-11-14(21-16)12-6-8-13(19)9-7-12;1-4(2)5(6(9)10)8-7(11)12-3;;/h7-8,11-14,17-24,27-30,41-44H,9-10,15-16,25-26H2,1-6H3,(H,51,53)(H,52,54)(H,55,61)(H,56,62);8-9,11-14,16-19,21,29H,10,15,20H2,1-7H3,(H,36,37);6,8,11,15H,4-5,7,9-10H2,1-3H3,(H,20,21);4-5H,1-3H3,(H,8,11)(H,9,10);2*1H4/t41-,42-,43-,44-;29-;15-;5-;;/m0000../s1. The molecular weight excluding hydrogens is 1890 g/mol. The summed E-state index contributed by atoms with van der Waals surface area (Å²) in [5.41, 5.74) is 13.9. The molecule has 0 saturated carbocycles. The Hall–Kier alpha value is -13.4. The van der Waals surface area contributed by atoms with Gasteiger partial charge in [-0.2, -0.15) is 0 Å². The number of methoxy groups -OCH3 is 3. The van der Waals surface area contributed by atoms with Gasteiger partial charge < -0.3 is 83.8 Å². The average molecular weight is 2030 g/mol. The number of carbonyl (C=O) groups excluding carboxylic acids is 7. The summed E-state index contributed by atoms with van der Waals surface area (Å²) < 4.78 is 39.0. The van der Waals surface area contributed by atoms with Crippen LogP contribution in [0, 0.1) is 17.8 Å². The van der Waals surface area contributed by atoms with Crippen LogP contribution in [-0.2, 0) is 47.4 Å². The van der Waals surface area contributed by atoms with Gasteiger partial charge in [0.15, 0.2) is 0 Å². The quantitative estimate of drug-likeness (QED) is 0.0245. The van der Waals surface area contributed by atoms with Crippen molar-refractivity contribution in [2.75, 3.05) is 47.5 Å². The number of aliphatic carboxylic acids is 1. The molecule has 5 aliphatic heterocycles. The third-order valence-corrected chi connectivity index (χ3v) is 27.7. The van der Waals surface area contributed by atoms with Crippen molar-refractivity contribution in [1.29, 1.82) is 0 Å². The molecule has 9 heterocycles. The fourth-order valence-electron chi connectivity index (χ4n) is 18.8. The van der Waals surface area contributed by atoms with E-state index in [-0.39, 0.29) is 80.8 Å². The van der Waals surface area contributed by atoms with Crippen LogP contribution >= 0.6 is 15.9 Å². The van der Waals surface area contributed by atoms with Crippen molar-refractivity contribution >= 4 is 104 Å². The molecule has 7 aromatic carbocycles. The Balaban J connectivity index is 0.000000197. The van der Waals surface area contributed by atoms with Crippen molar-refractivity contribution in [3.63, 3.8) is 0 Å². The topological polar surface area (TPSA) is 385 Å². The smallest absolute Gasteiger partial charge is 0.480 e. The van der Waals surface area contributed by atoms with Crippen molar-refractivity contribution in [3.8, 4) is 67.2 Å². The second-order valence-electron chi connectivity index (χ2n) is 40.8. The van der Waals surface area contributed by atoms with Crippen LogP contribution in [0.4, 0.5) is 24.0 Å². The number of nitrogens with zero attached hydrogens (tertiary/aromatic N) is 8. The van der Waals surface area contributed by atoms with Crippen LogP contribution in [0.2, 0.25) is 0 Å². The molecule has 4 aromatic heterocycles. The Kier molecular flexibility index (Phi) is 35.7. The lowest BCUT2D eigenvalue weighted by Gasteiger charge is -2.32. The number of benzene rings is 7. The van der Waals surface area contributed by atoms with Crippen LogP contribution < -0.4 is 21.4 Å². The van der Waals surface area contributed by atoms with Crippen molar-refractivity contribution in [2.45, 2.75) is 255 Å². The van der Waals surface area contributed by atoms with E-state index in [9.17, 15) is 38.4 Å². The van der Waals surface area contributed by atoms with Crippen LogP contribution in [0.1, 0.15) is 243 Å². The number of halogens is 1. The van der Waals surface area contributed by atoms with Crippen LogP contribution in [-0.4, -0.2) is 208 Å². The predicted octanol–water partition coefficient (Wildman–Crippen LogP) is 23.0. The lowest BCUT2D eigenvalue weighted by Crippen LogP contribution is -2.51. The van der Waals surface area contributed by atoms with Crippen molar-refractivity contribution in [2.24, 2.45) is 17.8 Å². The molecule has 0 radical (unpaired) electrons. The van der Waals surface area contributed by atoms with E-state index in [1.165, 1.54) is 31.4 Å². The molecule has 6 aliphatic rings. The van der Waals surface area contributed by atoms with Gasteiger partial charge in [-0.1, -0.05) is 230 Å². The van der Waals surface area contributed by atoms with E-state index in [1.54, 1.807) is 23.6 Å². The van der Waals surface area contributed by atoms with Crippen molar-refractivity contribution < 1.29 is 76.5 Å². The first-order valence-corrected chi connectivity index (χ1v) is 49.7. The number of nitrogens with one attached hydrogen (secondary N) is 7. The number of amides is 7. The van der Waals surface area contributed by atoms with Crippen LogP contribution in [0.3, 0.4) is 0 Å². The number of alkyl carbamates (subject to hydrolysis) is 3. The van der Waals surface area contributed by atoms with Gasteiger partial charge in [-0.15, -0.1) is 0 Å². The minimum absolute atomic E-state index is 0. The molecule has 17 rings (SSSR count). The number of carboxylic acid groups (broad SMARTS) is 1. The number of allylic oxidation sites excluding steroid dienone is 4. The summed E-state index contributed by atoms with van der Waals surface area (Å²) in [7, 11) is 3.36. The Morgan fingerprint density at radius 1 is 0.417 bits per heavy atom. The lowest BCUT2D eigenvalue weighted by molar-refractivity contribution is -0.140. The predicted molar refractivity (Wildman–Crippen MR) is 566 cm³/mol. The highest BCUT2D eigenvalue weighted by atomic mass is 79.9. The summed E-state index contributed by atoms with van der Waals surface area (Å²) in [4.78, 5) is 137. The molecule has 1 aliphatic carbocycles.